The fourth-order valence-corrected chi connectivity index (χ4v) is 0. The monoisotopic (exact) mass is 575 g/mol. The third-order valence-electron chi connectivity index (χ3n) is 1.00. The number of ketones is 1. The third kappa shape index (κ3) is 64.5. The van der Waals surface area contributed by atoms with Crippen molar-refractivity contribution >= 4 is 69.7 Å². The zero-order valence-electron chi connectivity index (χ0n) is 9.52. The van der Waals surface area contributed by atoms with E-state index in [0.29, 0.717) is 9.47 Å². The van der Waals surface area contributed by atoms with Crippen molar-refractivity contribution in [1.29, 1.82) is 0 Å². The van der Waals surface area contributed by atoms with E-state index in [1.807, 2.05) is 0 Å². The fraction of sp³-hybridized carbons (Fsp3) is 0.667. The van der Waals surface area contributed by atoms with Gasteiger partial charge in [0.05, 0.1) is 0 Å². The molecule has 0 amide bonds. The standard InChI is InChI=1S/C6H12.C3H6O.3HI.V/c1-5(2)6(3)4;1-3(2)4;;;;/h1-4H3;1-2H3;3*1H;/q;;;;;+2/p-2. The Morgan fingerprint density at radius 3 is 0.929 bits per heavy atom. The van der Waals surface area contributed by atoms with Crippen molar-refractivity contribution in [3.05, 3.63) is 11.1 Å². The van der Waals surface area contributed by atoms with Crippen molar-refractivity contribution in [1.82, 2.24) is 0 Å². The molecule has 0 spiro atoms. The average Bonchev–Trinajstić information content (AvgIpc) is 1.87. The molecule has 87 valence electrons. The van der Waals surface area contributed by atoms with E-state index in [0.717, 1.165) is 0 Å². The summed E-state index contributed by atoms with van der Waals surface area (Å²) in [6.07, 6.45) is 0. The fourth-order valence-electron chi connectivity index (χ4n) is 0. The average molecular weight is 575 g/mol. The van der Waals surface area contributed by atoms with Crippen molar-refractivity contribution in [3.8, 4) is 0 Å². The summed E-state index contributed by atoms with van der Waals surface area (Å²) in [5.41, 5.74) is 2.85. The zero-order valence-corrected chi connectivity index (χ0v) is 17.6. The molecule has 0 aliphatic heterocycles. The van der Waals surface area contributed by atoms with Crippen molar-refractivity contribution in [2.75, 3.05) is 0 Å². The summed E-state index contributed by atoms with van der Waals surface area (Å²) in [6.45, 7) is 11.5. The molecule has 0 rings (SSSR count). The SMILES string of the molecule is CC(C)=C(C)C.CC(C)=O.I.[I][V][I]. The topological polar surface area (TPSA) is 17.1 Å². The number of halogens is 3. The van der Waals surface area contributed by atoms with Crippen LogP contribution in [-0.4, -0.2) is 5.78 Å². The molecule has 5 heteroatoms. The number of hydrogen-bond donors (Lipinski definition) is 0. The summed E-state index contributed by atoms with van der Waals surface area (Å²) in [6, 6.07) is 0. The Morgan fingerprint density at radius 2 is 0.929 bits per heavy atom. The molecule has 14 heavy (non-hydrogen) atoms. The van der Waals surface area contributed by atoms with Crippen molar-refractivity contribution in [3.63, 3.8) is 0 Å². The van der Waals surface area contributed by atoms with E-state index in [2.05, 4.69) is 67.7 Å². The minimum absolute atomic E-state index is 0. The Bertz CT molecular complexity index is 136. The van der Waals surface area contributed by atoms with Gasteiger partial charge in [-0.05, 0) is 41.5 Å². The normalized spacial score (nSPS) is 6.29. The zero-order chi connectivity index (χ0) is 11.4. The van der Waals surface area contributed by atoms with Gasteiger partial charge in [-0.15, -0.1) is 24.0 Å². The summed E-state index contributed by atoms with van der Waals surface area (Å²) in [5, 5.41) is 0. The maximum absolute atomic E-state index is 9.44. The van der Waals surface area contributed by atoms with Gasteiger partial charge in [-0.1, -0.05) is 11.1 Å². The van der Waals surface area contributed by atoms with Crippen LogP contribution in [0.15, 0.2) is 11.1 Å². The molecule has 1 nitrogen and oxygen atoms in total. The Hall–Kier alpha value is 2.18. The van der Waals surface area contributed by atoms with Crippen molar-refractivity contribution in [2.45, 2.75) is 41.5 Å². The predicted molar refractivity (Wildman–Crippen MR) is 89.5 cm³/mol. The Morgan fingerprint density at radius 1 is 0.857 bits per heavy atom. The maximum atomic E-state index is 9.44. The second kappa shape index (κ2) is 20.6. The first-order valence-corrected chi connectivity index (χ1v) is 12.8. The van der Waals surface area contributed by atoms with Crippen LogP contribution in [0.25, 0.3) is 0 Å². The van der Waals surface area contributed by atoms with Crippen LogP contribution in [-0.2, 0) is 14.3 Å². The minimum atomic E-state index is 0. The molecule has 0 fully saturated rings. The Balaban J connectivity index is -0.0000000553. The van der Waals surface area contributed by atoms with Gasteiger partial charge in [0.1, 0.15) is 5.78 Å². The van der Waals surface area contributed by atoms with Crippen molar-refractivity contribution < 1.29 is 14.3 Å². The number of carbonyl (C=O) groups excluding carboxylic acids is 1. The van der Waals surface area contributed by atoms with E-state index in [-0.39, 0.29) is 29.8 Å². The molecule has 0 aromatic heterocycles. The van der Waals surface area contributed by atoms with Crippen LogP contribution in [0.3, 0.4) is 0 Å². The van der Waals surface area contributed by atoms with Crippen molar-refractivity contribution in [2.24, 2.45) is 0 Å². The van der Waals surface area contributed by atoms with Crippen LogP contribution in [0.1, 0.15) is 41.5 Å². The van der Waals surface area contributed by atoms with Gasteiger partial charge in [0, 0.05) is 0 Å². The molecular weight excluding hydrogens is 556 g/mol. The summed E-state index contributed by atoms with van der Waals surface area (Å²) in [7, 11) is 0.628. The van der Waals surface area contributed by atoms with Crippen LogP contribution >= 0.6 is 63.9 Å². The molecule has 0 saturated carbocycles. The first kappa shape index (κ1) is 25.1. The number of allylic oxidation sites excluding steroid dienone is 2. The molecule has 0 atom stereocenters. The molecule has 0 aromatic rings. The number of rotatable bonds is 0. The van der Waals surface area contributed by atoms with Gasteiger partial charge in [0.2, 0.25) is 0 Å². The number of carbonyl (C=O) groups is 1. The van der Waals surface area contributed by atoms with E-state index < -0.39 is 0 Å². The second-order valence-electron chi connectivity index (χ2n) is 2.97. The van der Waals surface area contributed by atoms with Gasteiger partial charge in [0.25, 0.3) is 0 Å². The summed E-state index contributed by atoms with van der Waals surface area (Å²) >= 11 is 4.74. The van der Waals surface area contributed by atoms with Gasteiger partial charge >= 0.3 is 49.4 Å². The van der Waals surface area contributed by atoms with Crippen LogP contribution in [0.2, 0.25) is 0 Å². The van der Waals surface area contributed by atoms with Crippen LogP contribution in [0.5, 0.6) is 0 Å². The van der Waals surface area contributed by atoms with E-state index >= 15 is 0 Å². The quantitative estimate of drug-likeness (QED) is 0.282. The number of Topliss-reactive ketones (excluding diaryl/α,β-unsaturated/α-hetero) is 1. The molecule has 0 bridgehead atoms. The molecule has 0 aromatic carbocycles. The molecule has 0 N–H and O–H groups in total. The van der Waals surface area contributed by atoms with Crippen LogP contribution in [0.4, 0.5) is 0 Å². The Kier molecular flexibility index (Phi) is 36.9. The summed E-state index contributed by atoms with van der Waals surface area (Å²) in [5.74, 6) is 0.167. The second-order valence-corrected chi connectivity index (χ2v) is 14.8. The summed E-state index contributed by atoms with van der Waals surface area (Å²) in [4.78, 5) is 9.44. The Labute approximate surface area is 134 Å². The molecule has 0 saturated heterocycles. The third-order valence-corrected chi connectivity index (χ3v) is 1.00. The van der Waals surface area contributed by atoms with E-state index in [9.17, 15) is 4.79 Å². The van der Waals surface area contributed by atoms with Gasteiger partial charge in [-0.3, -0.25) is 0 Å². The molecule has 0 heterocycles. The molecule has 0 aliphatic carbocycles. The van der Waals surface area contributed by atoms with Gasteiger partial charge in [0.15, 0.2) is 0 Å². The van der Waals surface area contributed by atoms with E-state index in [4.69, 9.17) is 0 Å². The summed E-state index contributed by atoms with van der Waals surface area (Å²) < 4.78 is 0. The van der Waals surface area contributed by atoms with Gasteiger partial charge in [-0.25, -0.2) is 0 Å². The van der Waals surface area contributed by atoms with Crippen LogP contribution in [0, 0.1) is 0 Å². The molecular formula is C9H19I3OV. The first-order chi connectivity index (χ1) is 5.79. The van der Waals surface area contributed by atoms with Gasteiger partial charge < -0.3 is 4.79 Å². The predicted octanol–water partition coefficient (Wildman–Crippen LogP) is 5.34. The van der Waals surface area contributed by atoms with Gasteiger partial charge in [-0.2, -0.15) is 0 Å². The molecule has 0 radical (unpaired) electrons. The van der Waals surface area contributed by atoms with E-state index in [1.54, 1.807) is 0 Å². The first-order valence-electron chi connectivity index (χ1n) is 3.79. The molecule has 0 unspecified atom stereocenters. The van der Waals surface area contributed by atoms with Crippen LogP contribution < -0.4 is 0 Å². The number of hydrogen-bond acceptors (Lipinski definition) is 1. The van der Waals surface area contributed by atoms with E-state index in [1.165, 1.54) is 25.0 Å². The molecule has 0 aliphatic rings.